The van der Waals surface area contributed by atoms with Gasteiger partial charge in [0.2, 0.25) is 0 Å². The molecule has 7 nitrogen and oxygen atoms in total. The summed E-state index contributed by atoms with van der Waals surface area (Å²) in [6.07, 6.45) is 0.0172. The summed E-state index contributed by atoms with van der Waals surface area (Å²) < 4.78 is 39.4. The van der Waals surface area contributed by atoms with Gasteiger partial charge in [-0.05, 0) is 56.5 Å². The molecule has 0 spiro atoms. The van der Waals surface area contributed by atoms with Gasteiger partial charge in [0.25, 0.3) is 5.91 Å². The van der Waals surface area contributed by atoms with Crippen molar-refractivity contribution in [2.24, 2.45) is 0 Å². The minimum atomic E-state index is -4.45. The Morgan fingerprint density at radius 2 is 1.91 bits per heavy atom. The smallest absolute Gasteiger partial charge is 0.340 e. The highest BCUT2D eigenvalue weighted by atomic mass is 19.4. The number of benzene rings is 2. The van der Waals surface area contributed by atoms with Crippen molar-refractivity contribution in [2.45, 2.75) is 38.4 Å². The normalized spacial score (nSPS) is 18.9. The number of hydrogen-bond donors (Lipinski definition) is 1. The minimum absolute atomic E-state index is 0.206. The number of nitrogens with one attached hydrogen (secondary N) is 1. The first-order chi connectivity index (χ1) is 15.7. The Morgan fingerprint density at radius 3 is 2.64 bits per heavy atom. The van der Waals surface area contributed by atoms with Crippen LogP contribution in [0.15, 0.2) is 48.8 Å². The van der Waals surface area contributed by atoms with Gasteiger partial charge in [-0.1, -0.05) is 12.1 Å². The molecule has 3 heterocycles. The average molecular weight is 454 g/mol. The number of carbonyl (C=O) groups is 1. The van der Waals surface area contributed by atoms with Gasteiger partial charge in [-0.3, -0.25) is 4.79 Å². The summed E-state index contributed by atoms with van der Waals surface area (Å²) in [7, 11) is 0. The number of carbonyl (C=O) groups excluding carboxylic acids is 1. The molecule has 170 valence electrons. The van der Waals surface area contributed by atoms with Gasteiger partial charge in [0.05, 0.1) is 40.1 Å². The van der Waals surface area contributed by atoms with Crippen LogP contribution in [-0.2, 0) is 11.7 Å². The molecule has 1 amide bonds. The van der Waals surface area contributed by atoms with Crippen LogP contribution in [0.2, 0.25) is 0 Å². The van der Waals surface area contributed by atoms with E-state index in [0.29, 0.717) is 35.6 Å². The molecular formula is C23H21F3N6O. The molecule has 2 aromatic carbocycles. The molecule has 1 aliphatic rings. The second kappa shape index (κ2) is 7.43. The predicted molar refractivity (Wildman–Crippen MR) is 115 cm³/mol. The van der Waals surface area contributed by atoms with Crippen LogP contribution in [0.4, 0.5) is 13.2 Å². The molecule has 1 atom stereocenters. The highest BCUT2D eigenvalue weighted by Crippen LogP contribution is 2.40. The number of aromatic amines is 1. The number of halogens is 3. The van der Waals surface area contributed by atoms with Gasteiger partial charge in [-0.2, -0.15) is 28.2 Å². The molecule has 10 heteroatoms. The van der Waals surface area contributed by atoms with Crippen LogP contribution in [0.5, 0.6) is 0 Å². The third-order valence-electron chi connectivity index (χ3n) is 6.29. The molecule has 0 bridgehead atoms. The van der Waals surface area contributed by atoms with Crippen molar-refractivity contribution in [3.05, 3.63) is 71.3 Å². The molecule has 1 aliphatic heterocycles. The lowest BCUT2D eigenvalue weighted by Crippen LogP contribution is -2.44. The van der Waals surface area contributed by atoms with Crippen molar-refractivity contribution in [1.82, 2.24) is 29.9 Å². The fourth-order valence-corrected chi connectivity index (χ4v) is 4.55. The van der Waals surface area contributed by atoms with Crippen molar-refractivity contribution in [3.8, 4) is 5.69 Å². The summed E-state index contributed by atoms with van der Waals surface area (Å²) >= 11 is 0. The van der Waals surface area contributed by atoms with E-state index < -0.39 is 17.3 Å². The van der Waals surface area contributed by atoms with Crippen LogP contribution in [0.25, 0.3) is 16.7 Å². The Hall–Kier alpha value is -3.69. The highest BCUT2D eigenvalue weighted by Gasteiger charge is 2.44. The Labute approximate surface area is 187 Å². The number of hydrogen-bond acceptors (Lipinski definition) is 4. The monoisotopic (exact) mass is 454 g/mol. The van der Waals surface area contributed by atoms with Crippen LogP contribution in [0, 0.1) is 6.92 Å². The summed E-state index contributed by atoms with van der Waals surface area (Å²) in [5, 5.41) is 8.39. The zero-order chi connectivity index (χ0) is 23.4. The van der Waals surface area contributed by atoms with Gasteiger partial charge in [0.1, 0.15) is 11.5 Å². The van der Waals surface area contributed by atoms with Crippen molar-refractivity contribution < 1.29 is 18.0 Å². The molecule has 33 heavy (non-hydrogen) atoms. The van der Waals surface area contributed by atoms with E-state index in [9.17, 15) is 18.0 Å². The number of H-pyrrole nitrogens is 1. The number of aryl methyl sites for hydroxylation is 1. The SMILES string of the molecule is Cc1cccc(C(=O)N2CCC[C@@]2(C)c2nc3cc(C(F)(F)F)ccc3[nH]2)c1-n1nccn1. The Bertz CT molecular complexity index is 1340. The molecule has 2 aromatic heterocycles. The molecular weight excluding hydrogens is 433 g/mol. The quantitative estimate of drug-likeness (QED) is 0.490. The van der Waals surface area contributed by atoms with E-state index in [0.717, 1.165) is 24.1 Å². The zero-order valence-electron chi connectivity index (χ0n) is 18.0. The second-order valence-electron chi connectivity index (χ2n) is 8.44. The number of aromatic nitrogens is 5. The zero-order valence-corrected chi connectivity index (χ0v) is 18.0. The Kier molecular flexibility index (Phi) is 4.77. The van der Waals surface area contributed by atoms with Gasteiger partial charge >= 0.3 is 6.18 Å². The van der Waals surface area contributed by atoms with Gasteiger partial charge in [0.15, 0.2) is 0 Å². The van der Waals surface area contributed by atoms with E-state index in [2.05, 4.69) is 20.2 Å². The third-order valence-corrected chi connectivity index (χ3v) is 6.29. The lowest BCUT2D eigenvalue weighted by Gasteiger charge is -2.34. The molecule has 1 fully saturated rings. The third kappa shape index (κ3) is 3.46. The first-order valence-corrected chi connectivity index (χ1v) is 10.5. The van der Waals surface area contributed by atoms with Crippen molar-refractivity contribution in [2.75, 3.05) is 6.54 Å². The molecule has 1 saturated heterocycles. The summed E-state index contributed by atoms with van der Waals surface area (Å²) in [6, 6.07) is 8.86. The number of para-hydroxylation sites is 1. The standard InChI is InChI=1S/C23H21F3N6O/c1-14-5-3-6-16(19(14)32-27-10-11-28-32)20(33)31-12-4-9-22(31,2)21-29-17-8-7-15(23(24,25)26)13-18(17)30-21/h3,5-8,10-11,13H,4,9,12H2,1-2H3,(H,29,30)/t22-/m0/s1. The summed E-state index contributed by atoms with van der Waals surface area (Å²) in [4.78, 5) is 24.6. The van der Waals surface area contributed by atoms with Gasteiger partial charge in [0, 0.05) is 6.54 Å². The van der Waals surface area contributed by atoms with Gasteiger partial charge in [-0.15, -0.1) is 0 Å². The van der Waals surface area contributed by atoms with E-state index in [-0.39, 0.29) is 11.4 Å². The molecule has 1 N–H and O–H groups in total. The van der Waals surface area contributed by atoms with E-state index in [4.69, 9.17) is 0 Å². The first kappa shape index (κ1) is 21.2. The maximum absolute atomic E-state index is 13.8. The van der Waals surface area contributed by atoms with E-state index in [1.54, 1.807) is 23.4 Å². The van der Waals surface area contributed by atoms with Crippen LogP contribution in [0.1, 0.15) is 47.1 Å². The minimum Gasteiger partial charge on any atom is -0.340 e. The number of imidazole rings is 1. The fourth-order valence-electron chi connectivity index (χ4n) is 4.55. The predicted octanol–water partition coefficient (Wildman–Crippen LogP) is 4.62. The number of rotatable bonds is 3. The summed E-state index contributed by atoms with van der Waals surface area (Å²) in [6.45, 7) is 4.28. The molecule has 5 rings (SSSR count). The molecule has 0 aliphatic carbocycles. The van der Waals surface area contributed by atoms with Crippen LogP contribution in [-0.4, -0.2) is 42.3 Å². The maximum Gasteiger partial charge on any atom is 0.416 e. The highest BCUT2D eigenvalue weighted by molar-refractivity contribution is 5.99. The Morgan fingerprint density at radius 1 is 1.15 bits per heavy atom. The number of likely N-dealkylation sites (tertiary alicyclic amines) is 1. The lowest BCUT2D eigenvalue weighted by molar-refractivity contribution is -0.137. The fraction of sp³-hybridized carbons (Fsp3) is 0.304. The molecule has 0 unspecified atom stereocenters. The topological polar surface area (TPSA) is 79.7 Å². The maximum atomic E-state index is 13.8. The second-order valence-corrected chi connectivity index (χ2v) is 8.44. The van der Waals surface area contributed by atoms with Gasteiger partial charge in [-0.25, -0.2) is 4.98 Å². The number of alkyl halides is 3. The van der Waals surface area contributed by atoms with Gasteiger partial charge < -0.3 is 9.88 Å². The van der Waals surface area contributed by atoms with Crippen molar-refractivity contribution >= 4 is 16.9 Å². The molecule has 4 aromatic rings. The summed E-state index contributed by atoms with van der Waals surface area (Å²) in [5.41, 5.74) is 1.06. The lowest BCUT2D eigenvalue weighted by atomic mass is 9.96. The van der Waals surface area contributed by atoms with E-state index in [1.807, 2.05) is 26.0 Å². The number of nitrogens with zero attached hydrogens (tertiary/aromatic N) is 5. The largest absolute Gasteiger partial charge is 0.416 e. The summed E-state index contributed by atoms with van der Waals surface area (Å²) in [5.74, 6) is 0.261. The van der Waals surface area contributed by atoms with Crippen LogP contribution >= 0.6 is 0 Å². The van der Waals surface area contributed by atoms with E-state index in [1.165, 1.54) is 10.9 Å². The Balaban J connectivity index is 1.56. The number of fused-ring (bicyclic) bond motifs is 1. The molecule has 0 radical (unpaired) electrons. The van der Waals surface area contributed by atoms with Crippen LogP contribution in [0.3, 0.4) is 0 Å². The molecule has 0 saturated carbocycles. The van der Waals surface area contributed by atoms with E-state index >= 15 is 0 Å². The average Bonchev–Trinajstić information content (AvgIpc) is 3.51. The van der Waals surface area contributed by atoms with Crippen molar-refractivity contribution in [1.29, 1.82) is 0 Å². The van der Waals surface area contributed by atoms with Crippen LogP contribution < -0.4 is 0 Å². The first-order valence-electron chi connectivity index (χ1n) is 10.5. The van der Waals surface area contributed by atoms with Crippen molar-refractivity contribution in [3.63, 3.8) is 0 Å². The number of amides is 1.